The van der Waals surface area contributed by atoms with Gasteiger partial charge in [0.2, 0.25) is 0 Å². The molecule has 0 unspecified atom stereocenters. The Labute approximate surface area is 126 Å². The fourth-order valence-electron chi connectivity index (χ4n) is 2.13. The number of sulfone groups is 1. The maximum absolute atomic E-state index is 11.4. The summed E-state index contributed by atoms with van der Waals surface area (Å²) in [6.07, 6.45) is 3.01. The van der Waals surface area contributed by atoms with Crippen molar-refractivity contribution in [1.29, 1.82) is 0 Å². The van der Waals surface area contributed by atoms with Crippen LogP contribution in [-0.4, -0.2) is 29.6 Å². The molecule has 3 rings (SSSR count). The van der Waals surface area contributed by atoms with E-state index in [1.54, 1.807) is 0 Å². The summed E-state index contributed by atoms with van der Waals surface area (Å²) in [5.74, 6) is 0.263. The van der Waals surface area contributed by atoms with Crippen molar-refractivity contribution in [3.05, 3.63) is 47.4 Å². The zero-order valence-electron chi connectivity index (χ0n) is 11.2. The smallest absolute Gasteiger partial charge is 0.161 e. The molecule has 0 fully saturated rings. The van der Waals surface area contributed by atoms with E-state index in [-0.39, 0.29) is 10.9 Å². The minimum absolute atomic E-state index is 0.158. The molecule has 0 saturated heterocycles. The van der Waals surface area contributed by atoms with E-state index >= 15 is 0 Å². The maximum Gasteiger partial charge on any atom is 0.161 e. The second kappa shape index (κ2) is 5.13. The number of hydrogen-bond acceptors (Lipinski definition) is 4. The minimum atomic E-state index is -3.17. The number of halogens is 1. The van der Waals surface area contributed by atoms with Gasteiger partial charge in [0.15, 0.2) is 15.7 Å². The summed E-state index contributed by atoms with van der Waals surface area (Å²) in [5, 5.41) is 1.26. The molecule has 2 heterocycles. The Hall–Kier alpha value is -1.92. The van der Waals surface area contributed by atoms with Crippen molar-refractivity contribution in [2.45, 2.75) is 5.75 Å². The van der Waals surface area contributed by atoms with Gasteiger partial charge in [-0.2, -0.15) is 0 Å². The van der Waals surface area contributed by atoms with Gasteiger partial charge in [-0.3, -0.25) is 0 Å². The van der Waals surface area contributed by atoms with Gasteiger partial charge >= 0.3 is 0 Å². The summed E-state index contributed by atoms with van der Waals surface area (Å²) >= 11 is 5.97. The van der Waals surface area contributed by atoms with Crippen LogP contribution < -0.4 is 0 Å². The molecule has 5 nitrogen and oxygen atoms in total. The highest BCUT2D eigenvalue weighted by molar-refractivity contribution is 7.89. The summed E-state index contributed by atoms with van der Waals surface area (Å²) in [6, 6.07) is 9.14. The Balaban J connectivity index is 2.08. The predicted molar refractivity (Wildman–Crippen MR) is 82.9 cm³/mol. The van der Waals surface area contributed by atoms with Gasteiger partial charge < -0.3 is 4.98 Å². The van der Waals surface area contributed by atoms with Crippen molar-refractivity contribution in [3.8, 4) is 11.4 Å². The molecule has 7 heteroatoms. The molecule has 108 valence electrons. The fourth-order valence-corrected chi connectivity index (χ4v) is 3.02. The molecule has 0 bridgehead atoms. The SMILES string of the molecule is CS(=O)(=O)Cc1cc(Cl)nc(-c2ccc3[nH]ccc3c2)n1. The molecule has 0 atom stereocenters. The summed E-state index contributed by atoms with van der Waals surface area (Å²) in [7, 11) is -3.17. The minimum Gasteiger partial charge on any atom is -0.361 e. The van der Waals surface area contributed by atoms with Gasteiger partial charge in [-0.1, -0.05) is 11.6 Å². The van der Waals surface area contributed by atoms with Gasteiger partial charge in [0.1, 0.15) is 5.15 Å². The standard InChI is InChI=1S/C14H12ClN3O2S/c1-21(19,20)8-11-7-13(15)18-14(17-11)10-2-3-12-9(6-10)4-5-16-12/h2-7,16H,8H2,1H3. The van der Waals surface area contributed by atoms with E-state index < -0.39 is 9.84 Å². The molecule has 3 aromatic rings. The Morgan fingerprint density at radius 1 is 1.19 bits per heavy atom. The summed E-state index contributed by atoms with van der Waals surface area (Å²) < 4.78 is 22.8. The second-order valence-electron chi connectivity index (χ2n) is 4.86. The average molecular weight is 322 g/mol. The van der Waals surface area contributed by atoms with Crippen LogP contribution in [-0.2, 0) is 15.6 Å². The van der Waals surface area contributed by atoms with E-state index in [0.717, 1.165) is 22.7 Å². The van der Waals surface area contributed by atoms with Gasteiger partial charge in [-0.15, -0.1) is 0 Å². The number of benzene rings is 1. The largest absolute Gasteiger partial charge is 0.361 e. The van der Waals surface area contributed by atoms with Gasteiger partial charge in [-0.05, 0) is 30.3 Å². The van der Waals surface area contributed by atoms with Crippen LogP contribution in [0, 0.1) is 0 Å². The monoisotopic (exact) mass is 321 g/mol. The van der Waals surface area contributed by atoms with E-state index in [4.69, 9.17) is 11.6 Å². The molecule has 0 aliphatic carbocycles. The fraction of sp³-hybridized carbons (Fsp3) is 0.143. The number of hydrogen-bond donors (Lipinski definition) is 1. The Bertz CT molecular complexity index is 919. The number of rotatable bonds is 3. The predicted octanol–water partition coefficient (Wildman–Crippen LogP) is 2.82. The topological polar surface area (TPSA) is 75.7 Å². The van der Waals surface area contributed by atoms with Crippen molar-refractivity contribution in [2.24, 2.45) is 0 Å². The molecule has 1 N–H and O–H groups in total. The highest BCUT2D eigenvalue weighted by atomic mass is 35.5. The first-order valence-electron chi connectivity index (χ1n) is 6.19. The number of aromatic nitrogens is 3. The average Bonchev–Trinajstić information content (AvgIpc) is 2.82. The van der Waals surface area contributed by atoms with Crippen molar-refractivity contribution in [1.82, 2.24) is 15.0 Å². The van der Waals surface area contributed by atoms with Gasteiger partial charge in [0, 0.05) is 28.9 Å². The third kappa shape index (κ3) is 3.22. The summed E-state index contributed by atoms with van der Waals surface area (Å²) in [6.45, 7) is 0. The molecule has 2 aromatic heterocycles. The van der Waals surface area contributed by atoms with Crippen molar-refractivity contribution < 1.29 is 8.42 Å². The molecule has 0 radical (unpaired) electrons. The third-order valence-corrected chi connectivity index (χ3v) is 3.98. The molecule has 0 saturated carbocycles. The Morgan fingerprint density at radius 3 is 2.76 bits per heavy atom. The van der Waals surface area contributed by atoms with E-state index in [1.807, 2.05) is 30.5 Å². The van der Waals surface area contributed by atoms with Crippen LogP contribution in [0.4, 0.5) is 0 Å². The quantitative estimate of drug-likeness (QED) is 0.753. The van der Waals surface area contributed by atoms with Crippen LogP contribution in [0.15, 0.2) is 36.5 Å². The summed E-state index contributed by atoms with van der Waals surface area (Å²) in [4.78, 5) is 11.6. The zero-order valence-corrected chi connectivity index (χ0v) is 12.7. The van der Waals surface area contributed by atoms with Crippen LogP contribution in [0.1, 0.15) is 5.69 Å². The molecule has 0 aliphatic rings. The lowest BCUT2D eigenvalue weighted by molar-refractivity contribution is 0.600. The number of nitrogens with zero attached hydrogens (tertiary/aromatic N) is 2. The number of H-pyrrole nitrogens is 1. The third-order valence-electron chi connectivity index (χ3n) is 2.97. The Morgan fingerprint density at radius 2 is 2.00 bits per heavy atom. The van der Waals surface area contributed by atoms with E-state index in [9.17, 15) is 8.42 Å². The molecular weight excluding hydrogens is 310 g/mol. The van der Waals surface area contributed by atoms with Crippen LogP contribution in [0.2, 0.25) is 5.15 Å². The van der Waals surface area contributed by atoms with E-state index in [2.05, 4.69) is 15.0 Å². The highest BCUT2D eigenvalue weighted by Gasteiger charge is 2.11. The molecule has 0 aliphatic heterocycles. The molecule has 21 heavy (non-hydrogen) atoms. The van der Waals surface area contributed by atoms with E-state index in [0.29, 0.717) is 11.5 Å². The van der Waals surface area contributed by atoms with Crippen molar-refractivity contribution >= 4 is 32.3 Å². The zero-order chi connectivity index (χ0) is 15.0. The van der Waals surface area contributed by atoms with Crippen LogP contribution >= 0.6 is 11.6 Å². The normalized spacial score (nSPS) is 11.9. The maximum atomic E-state index is 11.4. The Kier molecular flexibility index (Phi) is 3.43. The van der Waals surface area contributed by atoms with Crippen LogP contribution in [0.3, 0.4) is 0 Å². The molecular formula is C14H12ClN3O2S. The van der Waals surface area contributed by atoms with Crippen molar-refractivity contribution in [2.75, 3.05) is 6.26 Å². The van der Waals surface area contributed by atoms with Crippen LogP contribution in [0.25, 0.3) is 22.3 Å². The number of nitrogens with one attached hydrogen (secondary N) is 1. The molecule has 0 amide bonds. The van der Waals surface area contributed by atoms with Gasteiger partial charge in [0.05, 0.1) is 11.4 Å². The lowest BCUT2D eigenvalue weighted by Gasteiger charge is -2.05. The summed E-state index contributed by atoms with van der Waals surface area (Å²) in [5.41, 5.74) is 2.19. The van der Waals surface area contributed by atoms with Gasteiger partial charge in [0.25, 0.3) is 0 Å². The van der Waals surface area contributed by atoms with Crippen molar-refractivity contribution in [3.63, 3.8) is 0 Å². The lowest BCUT2D eigenvalue weighted by Crippen LogP contribution is -2.04. The number of aromatic amines is 1. The van der Waals surface area contributed by atoms with E-state index in [1.165, 1.54) is 6.07 Å². The first-order chi connectivity index (χ1) is 9.90. The first kappa shape index (κ1) is 14.0. The highest BCUT2D eigenvalue weighted by Crippen LogP contribution is 2.23. The molecule has 1 aromatic carbocycles. The van der Waals surface area contributed by atoms with Gasteiger partial charge in [-0.25, -0.2) is 18.4 Å². The second-order valence-corrected chi connectivity index (χ2v) is 7.38. The lowest BCUT2D eigenvalue weighted by atomic mass is 10.1. The molecule has 0 spiro atoms. The first-order valence-corrected chi connectivity index (χ1v) is 8.63. The number of fused-ring (bicyclic) bond motifs is 1. The van der Waals surface area contributed by atoms with Crippen LogP contribution in [0.5, 0.6) is 0 Å².